The first kappa shape index (κ1) is 37.0. The van der Waals surface area contributed by atoms with E-state index in [4.69, 9.17) is 9.57 Å². The molecule has 4 amide bonds. The fraction of sp³-hybridized carbons (Fsp3) is 0.556. The van der Waals surface area contributed by atoms with E-state index in [1.54, 1.807) is 43.9 Å². The van der Waals surface area contributed by atoms with E-state index in [9.17, 15) is 27.6 Å². The van der Waals surface area contributed by atoms with Gasteiger partial charge < -0.3 is 25.1 Å². The number of carbonyl (C=O) groups excluding carboxylic acids is 4. The SMILES string of the molecule is C=C[C@@H]1C[C@@]1(NC(=O)[C@@H]1C[C@@H](O/N=C/c2ccccc2-n2cccn2)CN1C(=O)[C@@H](NC(=O)OC1CCCC1)C(C)(C)C)C(=O)NS(=O)(=O)C1CC1. The molecule has 3 N–H and O–H groups in total. The molecule has 3 aliphatic carbocycles. The number of oxime groups is 1. The molecule has 0 bridgehead atoms. The van der Waals surface area contributed by atoms with E-state index >= 15 is 0 Å². The van der Waals surface area contributed by atoms with E-state index in [2.05, 4.69) is 32.2 Å². The highest BCUT2D eigenvalue weighted by molar-refractivity contribution is 7.91. The van der Waals surface area contributed by atoms with Gasteiger partial charge >= 0.3 is 6.09 Å². The molecule has 3 saturated carbocycles. The second-order valence-electron chi connectivity index (χ2n) is 15.2. The summed E-state index contributed by atoms with van der Waals surface area (Å²) in [5.74, 6) is -2.57. The lowest BCUT2D eigenvalue weighted by Crippen LogP contribution is -2.60. The van der Waals surface area contributed by atoms with Crippen LogP contribution in [-0.4, -0.2) is 94.8 Å². The fourth-order valence-corrected chi connectivity index (χ4v) is 8.26. The highest BCUT2D eigenvalue weighted by Crippen LogP contribution is 2.45. The second kappa shape index (κ2) is 14.7. The van der Waals surface area contributed by atoms with Gasteiger partial charge in [0, 0.05) is 30.3 Å². The van der Waals surface area contributed by atoms with Crippen LogP contribution < -0.4 is 15.4 Å². The Morgan fingerprint density at radius 2 is 1.81 bits per heavy atom. The number of amides is 4. The van der Waals surface area contributed by atoms with Gasteiger partial charge in [-0.15, -0.1) is 6.58 Å². The van der Waals surface area contributed by atoms with Gasteiger partial charge in [-0.3, -0.25) is 19.1 Å². The molecule has 0 spiro atoms. The number of carbonyl (C=O) groups is 4. The number of likely N-dealkylation sites (tertiary alicyclic amines) is 1. The van der Waals surface area contributed by atoms with E-state index in [0.29, 0.717) is 18.4 Å². The number of benzene rings is 1. The average Bonchev–Trinajstić information content (AvgIpc) is 3.84. The van der Waals surface area contributed by atoms with E-state index in [0.717, 1.165) is 31.4 Å². The number of sulfonamides is 1. The van der Waals surface area contributed by atoms with Crippen LogP contribution >= 0.6 is 0 Å². The molecule has 1 aromatic heterocycles. The molecule has 4 aliphatic rings. The lowest BCUT2D eigenvalue weighted by molar-refractivity contribution is -0.143. The molecule has 16 heteroatoms. The van der Waals surface area contributed by atoms with Crippen molar-refractivity contribution < 1.29 is 37.2 Å². The van der Waals surface area contributed by atoms with Crippen LogP contribution in [-0.2, 0) is 34.0 Å². The molecule has 1 saturated heterocycles. The van der Waals surface area contributed by atoms with Crippen molar-refractivity contribution in [1.82, 2.24) is 30.0 Å². The van der Waals surface area contributed by atoms with Gasteiger partial charge in [-0.25, -0.2) is 17.9 Å². The zero-order valence-electron chi connectivity index (χ0n) is 29.7. The van der Waals surface area contributed by atoms with Crippen LogP contribution in [0.2, 0.25) is 0 Å². The van der Waals surface area contributed by atoms with Crippen LogP contribution in [0.1, 0.15) is 77.7 Å². The smallest absolute Gasteiger partial charge is 0.408 e. The summed E-state index contributed by atoms with van der Waals surface area (Å²) in [6.07, 6.45) is 9.30. The van der Waals surface area contributed by atoms with Crippen molar-refractivity contribution in [3.8, 4) is 5.69 Å². The molecule has 5 atom stereocenters. The number of aromatic nitrogens is 2. The standard InChI is InChI=1S/C36H47N7O8S/c1-5-24-20-36(24,33(46)41-52(48,49)27-15-16-27)40-31(44)29-19-26(51-38-21-23-11-6-9-14-28(23)43-18-10-17-37-43)22-42(29)32(45)30(35(2,3)4)39-34(47)50-25-12-7-8-13-25/h5-6,9-11,14,17-18,21,24-27,29-30H,1,7-8,12-13,15-16,19-20,22H2,2-4H3,(H,39,47)(H,40,44)(H,41,46)/b38-21+/t24-,26-,29+,30-,36+/m1/s1. The van der Waals surface area contributed by atoms with Gasteiger partial charge in [0.2, 0.25) is 21.8 Å². The normalized spacial score (nSPS) is 25.4. The highest BCUT2D eigenvalue weighted by Gasteiger charge is 2.62. The summed E-state index contributed by atoms with van der Waals surface area (Å²) in [5.41, 5.74) is -0.863. The van der Waals surface area contributed by atoms with Crippen LogP contribution in [0.4, 0.5) is 4.79 Å². The average molecular weight is 738 g/mol. The summed E-state index contributed by atoms with van der Waals surface area (Å²) < 4.78 is 34.8. The van der Waals surface area contributed by atoms with Crippen LogP contribution in [0, 0.1) is 11.3 Å². The molecular formula is C36H47N7O8S. The number of nitrogens with zero attached hydrogens (tertiary/aromatic N) is 4. The van der Waals surface area contributed by atoms with E-state index in [-0.39, 0.29) is 25.5 Å². The van der Waals surface area contributed by atoms with Gasteiger partial charge in [0.05, 0.1) is 23.7 Å². The molecule has 0 unspecified atom stereocenters. The van der Waals surface area contributed by atoms with E-state index in [1.165, 1.54) is 17.2 Å². The van der Waals surface area contributed by atoms with E-state index < -0.39 is 74.1 Å². The summed E-state index contributed by atoms with van der Waals surface area (Å²) in [6, 6.07) is 7.00. The van der Waals surface area contributed by atoms with Crippen molar-refractivity contribution >= 4 is 40.1 Å². The summed E-state index contributed by atoms with van der Waals surface area (Å²) in [7, 11) is -3.89. The van der Waals surface area contributed by atoms with Crippen molar-refractivity contribution in [2.45, 2.75) is 107 Å². The quantitative estimate of drug-likeness (QED) is 0.158. The lowest BCUT2D eigenvalue weighted by Gasteiger charge is -2.35. The van der Waals surface area contributed by atoms with E-state index in [1.807, 2.05) is 24.3 Å². The van der Waals surface area contributed by atoms with Gasteiger partial charge in [-0.1, -0.05) is 50.2 Å². The van der Waals surface area contributed by atoms with Crippen molar-refractivity contribution in [1.29, 1.82) is 0 Å². The zero-order chi connectivity index (χ0) is 37.3. The Kier molecular flexibility index (Phi) is 10.5. The minimum atomic E-state index is -3.89. The number of hydrogen-bond donors (Lipinski definition) is 3. The Balaban J connectivity index is 1.23. The number of alkyl carbamates (subject to hydrolysis) is 1. The summed E-state index contributed by atoms with van der Waals surface area (Å²) in [5, 5.41) is 13.4. The van der Waals surface area contributed by atoms with Gasteiger partial charge in [0.1, 0.15) is 29.8 Å². The predicted molar refractivity (Wildman–Crippen MR) is 191 cm³/mol. The summed E-state index contributed by atoms with van der Waals surface area (Å²) >= 11 is 0. The van der Waals surface area contributed by atoms with Crippen molar-refractivity contribution in [3.05, 3.63) is 60.9 Å². The Bertz CT molecular complexity index is 1810. The molecule has 2 heterocycles. The van der Waals surface area contributed by atoms with Crippen molar-refractivity contribution in [2.75, 3.05) is 6.54 Å². The fourth-order valence-electron chi connectivity index (χ4n) is 6.90. The predicted octanol–water partition coefficient (Wildman–Crippen LogP) is 2.95. The first-order chi connectivity index (χ1) is 24.7. The number of nitrogens with one attached hydrogen (secondary N) is 3. The molecule has 0 radical (unpaired) electrons. The molecular weight excluding hydrogens is 691 g/mol. The molecule has 52 heavy (non-hydrogen) atoms. The number of ether oxygens (including phenoxy) is 1. The molecule has 2 aromatic rings. The molecule has 15 nitrogen and oxygen atoms in total. The van der Waals surface area contributed by atoms with Crippen LogP contribution in [0.15, 0.2) is 60.5 Å². The second-order valence-corrected chi connectivity index (χ2v) is 17.1. The third-order valence-corrected chi connectivity index (χ3v) is 12.0. The molecule has 1 aliphatic heterocycles. The topological polar surface area (TPSA) is 190 Å². The monoisotopic (exact) mass is 737 g/mol. The van der Waals surface area contributed by atoms with Crippen LogP contribution in [0.5, 0.6) is 0 Å². The van der Waals surface area contributed by atoms with Crippen molar-refractivity contribution in [2.24, 2.45) is 16.5 Å². The van der Waals surface area contributed by atoms with Crippen molar-refractivity contribution in [3.63, 3.8) is 0 Å². The largest absolute Gasteiger partial charge is 0.446 e. The number of rotatable bonds is 13. The maximum Gasteiger partial charge on any atom is 0.408 e. The zero-order valence-corrected chi connectivity index (χ0v) is 30.5. The van der Waals surface area contributed by atoms with Crippen LogP contribution in [0.3, 0.4) is 0 Å². The minimum Gasteiger partial charge on any atom is -0.446 e. The van der Waals surface area contributed by atoms with Gasteiger partial charge in [0.25, 0.3) is 5.91 Å². The maximum absolute atomic E-state index is 14.4. The number of para-hydroxylation sites is 1. The lowest BCUT2D eigenvalue weighted by atomic mass is 9.85. The summed E-state index contributed by atoms with van der Waals surface area (Å²) in [4.78, 5) is 62.2. The summed E-state index contributed by atoms with van der Waals surface area (Å²) in [6.45, 7) is 9.09. The minimum absolute atomic E-state index is 0.00985. The first-order valence-corrected chi connectivity index (χ1v) is 19.3. The highest BCUT2D eigenvalue weighted by atomic mass is 32.2. The Morgan fingerprint density at radius 1 is 1.08 bits per heavy atom. The van der Waals surface area contributed by atoms with Crippen LogP contribution in [0.25, 0.3) is 5.69 Å². The number of hydrogen-bond acceptors (Lipinski definition) is 10. The maximum atomic E-state index is 14.4. The Labute approximate surface area is 303 Å². The van der Waals surface area contributed by atoms with Gasteiger partial charge in [-0.2, -0.15) is 5.10 Å². The van der Waals surface area contributed by atoms with Gasteiger partial charge in [-0.05, 0) is 62.5 Å². The Morgan fingerprint density at radius 3 is 2.44 bits per heavy atom. The third-order valence-electron chi connectivity index (χ3n) is 10.1. The Hall–Kier alpha value is -4.73. The third kappa shape index (κ3) is 8.16. The molecule has 280 valence electrons. The molecule has 6 rings (SSSR count). The molecule has 4 fully saturated rings. The molecule has 1 aromatic carbocycles. The van der Waals surface area contributed by atoms with Gasteiger partial charge in [0.15, 0.2) is 0 Å². The first-order valence-electron chi connectivity index (χ1n) is 17.8.